The van der Waals surface area contributed by atoms with E-state index in [1.165, 1.54) is 43.5 Å². The SMILES string of the molecule is Cc1cc(Br)cc(S(=O)(=O)Cl)c1.FC(F)(F)c1cc(CN[C@H]2CCC[C@@H](n3cnnc3)C2)cc(-c2cccc3cccnc23)c1.N[C@H]1CCC[C@@H](n2cnnc2)C1.O=S(=O)(N[C@H]1CCC[C@@H](n2cnnc2)C1)c1cc(Br)cc(C(F)(F)F)c1. The van der Waals surface area contributed by atoms with Crippen molar-refractivity contribution in [3.63, 3.8) is 0 Å². The van der Waals surface area contributed by atoms with Gasteiger partial charge in [-0.3, -0.25) is 4.98 Å². The number of nitrogens with zero attached hydrogens (tertiary/aromatic N) is 10. The summed E-state index contributed by atoms with van der Waals surface area (Å²) in [5.74, 6) is 0. The van der Waals surface area contributed by atoms with Crippen LogP contribution >= 0.6 is 42.5 Å². The number of fused-ring (bicyclic) bond motifs is 1. The van der Waals surface area contributed by atoms with Gasteiger partial charge in [0.25, 0.3) is 9.05 Å². The number of hydrogen-bond donors (Lipinski definition) is 3. The molecule has 3 saturated carbocycles. The molecule has 0 unspecified atom stereocenters. The second kappa shape index (κ2) is 28.0. The highest BCUT2D eigenvalue weighted by Crippen LogP contribution is 2.38. The van der Waals surface area contributed by atoms with Crippen molar-refractivity contribution >= 4 is 72.5 Å². The third-order valence-corrected chi connectivity index (χ3v) is 18.3. The standard InChI is InChI=1S/C25H24F3N5.C15H16BrF3N4O2S.C8H14N4.C7H6BrClO2S/c26-25(27,28)20-11-17(14-30-21-6-2-7-22(13-21)33-15-31-32-16-33)10-19(12-20)23-8-1-4-18-5-3-9-29-24(18)23;16-11-4-10(15(17,18)19)5-14(6-11)26(24,25)22-12-2-1-3-13(7-12)23-8-20-21-9-23;9-7-2-1-3-8(4-7)12-5-10-11-6-12;1-5-2-6(8)4-7(3-5)12(9,10)11/h1,3-5,8-12,15-16,21-22,30H,2,6-7,13-14H2;4-6,8-9,12-13,22H,1-3,7H2;5-8H,1-4,9H2;2-4H,1H3/t21-,22+;12-,13+;7-,8+;/m000./s1. The first-order chi connectivity index (χ1) is 39.4. The van der Waals surface area contributed by atoms with Crippen LogP contribution in [0.1, 0.15) is 117 Å². The molecular formula is C55H60Br2ClF6N13O4S2. The van der Waals surface area contributed by atoms with Crippen molar-refractivity contribution in [1.29, 1.82) is 0 Å². The van der Waals surface area contributed by atoms with E-state index in [2.05, 4.69) is 82.0 Å². The molecule has 0 aliphatic heterocycles. The van der Waals surface area contributed by atoms with Gasteiger partial charge in [-0.1, -0.05) is 56.1 Å². The van der Waals surface area contributed by atoms with Crippen LogP contribution in [0.25, 0.3) is 22.0 Å². The van der Waals surface area contributed by atoms with Gasteiger partial charge in [0.1, 0.15) is 38.0 Å². The molecule has 3 fully saturated rings. The number of benzene rings is 4. The Labute approximate surface area is 498 Å². The van der Waals surface area contributed by atoms with Crippen molar-refractivity contribution in [2.24, 2.45) is 5.73 Å². The first kappa shape index (κ1) is 63.3. The Morgan fingerprint density at radius 3 is 1.70 bits per heavy atom. The van der Waals surface area contributed by atoms with Gasteiger partial charge in [-0.05, 0) is 161 Å². The maximum atomic E-state index is 13.7. The summed E-state index contributed by atoms with van der Waals surface area (Å²) in [5.41, 5.74) is 7.60. The van der Waals surface area contributed by atoms with E-state index in [0.717, 1.165) is 68.0 Å². The summed E-state index contributed by atoms with van der Waals surface area (Å²) in [6, 6.07) is 22.2. The normalized spacial score (nSPS) is 20.5. The van der Waals surface area contributed by atoms with Crippen molar-refractivity contribution in [1.82, 2.24) is 59.3 Å². The fourth-order valence-corrected chi connectivity index (χ4v) is 14.2. The molecule has 8 aromatic rings. The number of nitrogens with two attached hydrogens (primary N) is 1. The van der Waals surface area contributed by atoms with E-state index >= 15 is 0 Å². The summed E-state index contributed by atoms with van der Waals surface area (Å²) in [7, 11) is -2.53. The van der Waals surface area contributed by atoms with Gasteiger partial charge < -0.3 is 24.8 Å². The molecule has 4 N–H and O–H groups in total. The largest absolute Gasteiger partial charge is 0.416 e. The second-order valence-electron chi connectivity index (χ2n) is 20.7. The molecule has 3 aliphatic carbocycles. The molecule has 0 radical (unpaired) electrons. The van der Waals surface area contributed by atoms with E-state index in [1.54, 1.807) is 51.1 Å². The number of sulfonamides is 1. The van der Waals surface area contributed by atoms with Crippen molar-refractivity contribution in [2.75, 3.05) is 0 Å². The molecule has 83 heavy (non-hydrogen) atoms. The number of aromatic nitrogens is 10. The van der Waals surface area contributed by atoms with Gasteiger partial charge >= 0.3 is 12.4 Å². The lowest BCUT2D eigenvalue weighted by Crippen LogP contribution is -2.38. The van der Waals surface area contributed by atoms with Crippen LogP contribution in [-0.4, -0.2) is 84.2 Å². The van der Waals surface area contributed by atoms with Gasteiger partial charge in [0.2, 0.25) is 10.0 Å². The van der Waals surface area contributed by atoms with E-state index in [0.29, 0.717) is 70.3 Å². The zero-order valence-electron chi connectivity index (χ0n) is 44.7. The highest BCUT2D eigenvalue weighted by atomic mass is 79.9. The van der Waals surface area contributed by atoms with Crippen molar-refractivity contribution in [2.45, 2.75) is 149 Å². The molecule has 0 spiro atoms. The minimum absolute atomic E-state index is 0.0544. The smallest absolute Gasteiger partial charge is 0.328 e. The molecule has 0 amide bonds. The molecule has 3 aliphatic rings. The predicted octanol–water partition coefficient (Wildman–Crippen LogP) is 12.7. The van der Waals surface area contributed by atoms with E-state index in [1.807, 2.05) is 51.6 Å². The summed E-state index contributed by atoms with van der Waals surface area (Å²) >= 11 is 6.13. The van der Waals surface area contributed by atoms with Crippen LogP contribution in [0, 0.1) is 6.92 Å². The number of pyridine rings is 1. The van der Waals surface area contributed by atoms with Crippen LogP contribution in [0.4, 0.5) is 26.3 Å². The fourth-order valence-electron chi connectivity index (χ4n) is 10.6. The van der Waals surface area contributed by atoms with Gasteiger partial charge in [0.15, 0.2) is 0 Å². The first-order valence-electron chi connectivity index (χ1n) is 26.6. The maximum Gasteiger partial charge on any atom is 0.416 e. The zero-order chi connectivity index (χ0) is 59.5. The molecule has 0 saturated heterocycles. The number of nitrogens with one attached hydrogen (secondary N) is 2. The van der Waals surface area contributed by atoms with Crippen LogP contribution in [-0.2, 0) is 38.0 Å². The molecule has 4 aromatic heterocycles. The number of hydrogen-bond acceptors (Lipinski definition) is 13. The van der Waals surface area contributed by atoms with Crippen molar-refractivity contribution in [3.8, 4) is 11.1 Å². The molecule has 4 aromatic carbocycles. The van der Waals surface area contributed by atoms with Crippen LogP contribution in [0.5, 0.6) is 0 Å². The zero-order valence-corrected chi connectivity index (χ0v) is 50.2. The van der Waals surface area contributed by atoms with E-state index in [4.69, 9.17) is 16.4 Å². The third kappa shape index (κ3) is 18.2. The number of halogens is 9. The number of rotatable bonds is 11. The van der Waals surface area contributed by atoms with Crippen LogP contribution < -0.4 is 15.8 Å². The lowest BCUT2D eigenvalue weighted by Gasteiger charge is -2.30. The van der Waals surface area contributed by atoms with E-state index in [9.17, 15) is 43.2 Å². The van der Waals surface area contributed by atoms with E-state index in [-0.39, 0.29) is 27.5 Å². The molecule has 6 atom stereocenters. The fraction of sp³-hybridized carbons (Fsp3) is 0.400. The lowest BCUT2D eigenvalue weighted by atomic mass is 9.90. The summed E-state index contributed by atoms with van der Waals surface area (Å²) in [6.45, 7) is 2.17. The highest BCUT2D eigenvalue weighted by molar-refractivity contribution is 9.10. The van der Waals surface area contributed by atoms with Crippen LogP contribution in [0.3, 0.4) is 0 Å². The summed E-state index contributed by atoms with van der Waals surface area (Å²) < 4.78 is 136. The molecular weight excluding hydrogens is 1280 g/mol. The minimum Gasteiger partial charge on any atom is -0.328 e. The highest BCUT2D eigenvalue weighted by Gasteiger charge is 2.35. The van der Waals surface area contributed by atoms with Gasteiger partial charge in [0.05, 0.1) is 26.4 Å². The summed E-state index contributed by atoms with van der Waals surface area (Å²) in [4.78, 5) is 4.13. The van der Waals surface area contributed by atoms with Gasteiger partial charge in [0, 0.05) is 79.6 Å². The molecule has 11 rings (SSSR count). The monoisotopic (exact) mass is 1340 g/mol. The molecule has 4 heterocycles. The number of para-hydroxylation sites is 1. The molecule has 0 bridgehead atoms. The number of alkyl halides is 6. The van der Waals surface area contributed by atoms with Crippen molar-refractivity contribution < 1.29 is 43.2 Å². The Morgan fingerprint density at radius 2 is 1.13 bits per heavy atom. The first-order valence-corrected chi connectivity index (χ1v) is 31.9. The predicted molar refractivity (Wildman–Crippen MR) is 309 cm³/mol. The quantitative estimate of drug-likeness (QED) is 0.0811. The summed E-state index contributed by atoms with van der Waals surface area (Å²) in [6.07, 6.45) is 14.3. The van der Waals surface area contributed by atoms with Gasteiger partial charge in [-0.25, -0.2) is 21.6 Å². The molecule has 17 nitrogen and oxygen atoms in total. The average molecular weight is 1340 g/mol. The average Bonchev–Trinajstić information content (AvgIpc) is 4.44. The van der Waals surface area contributed by atoms with Crippen LogP contribution in [0.2, 0.25) is 0 Å². The van der Waals surface area contributed by atoms with Crippen LogP contribution in [0.15, 0.2) is 148 Å². The Balaban J connectivity index is 0.000000158. The molecule has 444 valence electrons. The minimum atomic E-state index is -4.63. The lowest BCUT2D eigenvalue weighted by molar-refractivity contribution is -0.138. The second-order valence-corrected chi connectivity index (χ2v) is 26.8. The Morgan fingerprint density at radius 1 is 0.614 bits per heavy atom. The summed E-state index contributed by atoms with van der Waals surface area (Å²) in [5, 5.41) is 27.3. The third-order valence-electron chi connectivity index (χ3n) is 14.5. The number of aryl methyl sites for hydroxylation is 1. The van der Waals surface area contributed by atoms with Gasteiger partial charge in [-0.15, -0.1) is 30.6 Å². The van der Waals surface area contributed by atoms with Gasteiger partial charge in [-0.2, -0.15) is 26.3 Å². The van der Waals surface area contributed by atoms with Crippen molar-refractivity contribution in [3.05, 3.63) is 160 Å². The topological polar surface area (TPSA) is 223 Å². The molecule has 28 heteroatoms. The Kier molecular flexibility index (Phi) is 21.4. The Bertz CT molecular complexity index is 3600. The van der Waals surface area contributed by atoms with E-state index < -0.39 is 47.4 Å². The maximum absolute atomic E-state index is 13.7. The Hall–Kier alpha value is -5.68.